The summed E-state index contributed by atoms with van der Waals surface area (Å²) in [6.07, 6.45) is -1.70. The molecule has 1 unspecified atom stereocenters. The predicted molar refractivity (Wildman–Crippen MR) is 84.3 cm³/mol. The highest BCUT2D eigenvalue weighted by atomic mass is 16.7. The number of nitro benzene ring substituents is 1. The summed E-state index contributed by atoms with van der Waals surface area (Å²) in [4.78, 5) is 33.2. The molecule has 1 atom stereocenters. The maximum absolute atomic E-state index is 11.6. The van der Waals surface area contributed by atoms with Gasteiger partial charge in [-0.15, -0.1) is 0 Å². The number of hydrogen-bond acceptors (Lipinski definition) is 7. The molecule has 24 heavy (non-hydrogen) atoms. The fourth-order valence-corrected chi connectivity index (χ4v) is 1.71. The normalized spacial score (nSPS) is 12.2. The average molecular weight is 339 g/mol. The minimum absolute atomic E-state index is 0.0488. The molecule has 8 nitrogen and oxygen atoms in total. The zero-order valence-corrected chi connectivity index (χ0v) is 14.1. The molecule has 0 saturated carbocycles. The molecular weight excluding hydrogens is 318 g/mol. The van der Waals surface area contributed by atoms with Crippen LogP contribution in [-0.2, 0) is 25.6 Å². The average Bonchev–Trinajstić information content (AvgIpc) is 2.43. The van der Waals surface area contributed by atoms with Crippen LogP contribution in [0.25, 0.3) is 0 Å². The van der Waals surface area contributed by atoms with E-state index in [0.717, 1.165) is 0 Å². The molecule has 1 aromatic carbocycles. The molecule has 0 aliphatic heterocycles. The van der Waals surface area contributed by atoms with Crippen LogP contribution in [0.5, 0.6) is 0 Å². The van der Waals surface area contributed by atoms with Crippen LogP contribution in [0.15, 0.2) is 24.3 Å². The van der Waals surface area contributed by atoms with Gasteiger partial charge >= 0.3 is 12.1 Å². The summed E-state index contributed by atoms with van der Waals surface area (Å²) < 4.78 is 15.0. The van der Waals surface area contributed by atoms with Crippen molar-refractivity contribution in [3.8, 4) is 0 Å². The number of benzene rings is 1. The van der Waals surface area contributed by atoms with Crippen molar-refractivity contribution in [1.82, 2.24) is 0 Å². The minimum atomic E-state index is -0.926. The molecule has 0 spiro atoms. The second-order valence-corrected chi connectivity index (χ2v) is 6.18. The molecule has 0 bridgehead atoms. The standard InChI is InChI=1S/C16H21NO7/c1-11(9-14(18)24-16(2,3)4)23-15(19)22-10-12-5-7-13(8-6-12)17(20)21/h5-8,11H,9-10H2,1-4H3. The first kappa shape index (κ1) is 19.4. The van der Waals surface area contributed by atoms with Crippen LogP contribution in [-0.4, -0.2) is 28.8 Å². The molecule has 132 valence electrons. The van der Waals surface area contributed by atoms with Crippen molar-refractivity contribution in [2.45, 2.75) is 52.4 Å². The Hall–Kier alpha value is -2.64. The zero-order chi connectivity index (χ0) is 18.3. The molecular formula is C16H21NO7. The lowest BCUT2D eigenvalue weighted by atomic mass is 10.2. The smallest absolute Gasteiger partial charge is 0.460 e. The van der Waals surface area contributed by atoms with Gasteiger partial charge in [0, 0.05) is 12.1 Å². The van der Waals surface area contributed by atoms with E-state index in [1.807, 2.05) is 0 Å². The number of ether oxygens (including phenoxy) is 3. The van der Waals surface area contributed by atoms with Gasteiger partial charge in [0.2, 0.25) is 0 Å². The Balaban J connectivity index is 2.37. The quantitative estimate of drug-likeness (QED) is 0.444. The van der Waals surface area contributed by atoms with E-state index in [2.05, 4.69) is 0 Å². The first-order valence-electron chi connectivity index (χ1n) is 7.35. The van der Waals surface area contributed by atoms with E-state index in [4.69, 9.17) is 14.2 Å². The number of nitro groups is 1. The van der Waals surface area contributed by atoms with Crippen LogP contribution in [0, 0.1) is 10.1 Å². The Labute approximate surface area is 139 Å². The van der Waals surface area contributed by atoms with E-state index in [1.54, 1.807) is 27.7 Å². The SMILES string of the molecule is CC(CC(=O)OC(C)(C)C)OC(=O)OCc1ccc([N+](=O)[O-])cc1. The highest BCUT2D eigenvalue weighted by Crippen LogP contribution is 2.14. The van der Waals surface area contributed by atoms with Crippen LogP contribution in [0.1, 0.15) is 39.7 Å². The number of esters is 1. The lowest BCUT2D eigenvalue weighted by Crippen LogP contribution is -2.27. The van der Waals surface area contributed by atoms with Crippen LogP contribution in [0.2, 0.25) is 0 Å². The van der Waals surface area contributed by atoms with Gasteiger partial charge < -0.3 is 14.2 Å². The first-order chi connectivity index (χ1) is 11.1. The molecule has 0 amide bonds. The fourth-order valence-electron chi connectivity index (χ4n) is 1.71. The monoisotopic (exact) mass is 339 g/mol. The Morgan fingerprint density at radius 1 is 1.21 bits per heavy atom. The number of carbonyl (C=O) groups excluding carboxylic acids is 2. The summed E-state index contributed by atoms with van der Waals surface area (Å²) in [6, 6.07) is 5.59. The number of rotatable bonds is 6. The van der Waals surface area contributed by atoms with E-state index in [9.17, 15) is 19.7 Å². The maximum Gasteiger partial charge on any atom is 0.508 e. The third-order valence-corrected chi connectivity index (χ3v) is 2.68. The van der Waals surface area contributed by atoms with Gasteiger partial charge in [-0.3, -0.25) is 14.9 Å². The molecule has 0 radical (unpaired) electrons. The van der Waals surface area contributed by atoms with Crippen LogP contribution in [0.4, 0.5) is 10.5 Å². The molecule has 0 fully saturated rings. The van der Waals surface area contributed by atoms with Gasteiger partial charge in [-0.05, 0) is 45.4 Å². The molecule has 0 heterocycles. The zero-order valence-electron chi connectivity index (χ0n) is 14.1. The van der Waals surface area contributed by atoms with Crippen LogP contribution in [0.3, 0.4) is 0 Å². The second-order valence-electron chi connectivity index (χ2n) is 6.18. The van der Waals surface area contributed by atoms with Gasteiger partial charge in [-0.2, -0.15) is 0 Å². The van der Waals surface area contributed by atoms with E-state index in [-0.39, 0.29) is 18.7 Å². The molecule has 0 aromatic heterocycles. The van der Waals surface area contributed by atoms with E-state index in [0.29, 0.717) is 5.56 Å². The molecule has 0 saturated heterocycles. The van der Waals surface area contributed by atoms with Crippen molar-refractivity contribution in [1.29, 1.82) is 0 Å². The molecule has 1 rings (SSSR count). The highest BCUT2D eigenvalue weighted by Gasteiger charge is 2.20. The maximum atomic E-state index is 11.6. The lowest BCUT2D eigenvalue weighted by Gasteiger charge is -2.20. The number of nitrogens with zero attached hydrogens (tertiary/aromatic N) is 1. The van der Waals surface area contributed by atoms with Crippen LogP contribution < -0.4 is 0 Å². The van der Waals surface area contributed by atoms with Gasteiger partial charge in [0.05, 0.1) is 11.3 Å². The summed E-state index contributed by atoms with van der Waals surface area (Å²) in [5.74, 6) is -0.474. The third-order valence-electron chi connectivity index (χ3n) is 2.68. The minimum Gasteiger partial charge on any atom is -0.460 e. The predicted octanol–water partition coefficient (Wildman–Crippen LogP) is 3.37. The van der Waals surface area contributed by atoms with Gasteiger partial charge in [0.1, 0.15) is 18.3 Å². The van der Waals surface area contributed by atoms with Gasteiger partial charge in [0.25, 0.3) is 5.69 Å². The van der Waals surface area contributed by atoms with E-state index in [1.165, 1.54) is 24.3 Å². The third kappa shape index (κ3) is 7.57. The van der Waals surface area contributed by atoms with Crippen molar-refractivity contribution in [2.24, 2.45) is 0 Å². The van der Waals surface area contributed by atoms with E-state index >= 15 is 0 Å². The summed E-state index contributed by atoms with van der Waals surface area (Å²) in [7, 11) is 0. The largest absolute Gasteiger partial charge is 0.508 e. The summed E-state index contributed by atoms with van der Waals surface area (Å²) in [6.45, 7) is 6.70. The summed E-state index contributed by atoms with van der Waals surface area (Å²) in [5.41, 5.74) is -0.0718. The van der Waals surface area contributed by atoms with Gasteiger partial charge in [0.15, 0.2) is 0 Å². The Morgan fingerprint density at radius 2 is 1.79 bits per heavy atom. The fraction of sp³-hybridized carbons (Fsp3) is 0.500. The topological polar surface area (TPSA) is 105 Å². The Bertz CT molecular complexity index is 589. The van der Waals surface area contributed by atoms with Crippen LogP contribution >= 0.6 is 0 Å². The van der Waals surface area contributed by atoms with Crippen molar-refractivity contribution in [2.75, 3.05) is 0 Å². The molecule has 0 aliphatic rings. The highest BCUT2D eigenvalue weighted by molar-refractivity contribution is 5.71. The first-order valence-corrected chi connectivity index (χ1v) is 7.35. The summed E-state index contributed by atoms with van der Waals surface area (Å²) in [5, 5.41) is 10.5. The molecule has 0 N–H and O–H groups in total. The molecule has 8 heteroatoms. The van der Waals surface area contributed by atoms with Crippen molar-refractivity contribution < 1.29 is 28.7 Å². The molecule has 0 aliphatic carbocycles. The van der Waals surface area contributed by atoms with Crippen molar-refractivity contribution in [3.05, 3.63) is 39.9 Å². The van der Waals surface area contributed by atoms with Crippen molar-refractivity contribution in [3.63, 3.8) is 0 Å². The van der Waals surface area contributed by atoms with Gasteiger partial charge in [-0.1, -0.05) is 0 Å². The lowest BCUT2D eigenvalue weighted by molar-refractivity contribution is -0.384. The number of hydrogen-bond donors (Lipinski definition) is 0. The Kier molecular flexibility index (Phi) is 6.69. The van der Waals surface area contributed by atoms with E-state index < -0.39 is 28.8 Å². The second kappa shape index (κ2) is 8.28. The summed E-state index contributed by atoms with van der Waals surface area (Å²) >= 11 is 0. The molecule has 1 aromatic rings. The number of carbonyl (C=O) groups is 2. The van der Waals surface area contributed by atoms with Gasteiger partial charge in [-0.25, -0.2) is 4.79 Å². The number of non-ortho nitro benzene ring substituents is 1. The Morgan fingerprint density at radius 3 is 2.29 bits per heavy atom. The van der Waals surface area contributed by atoms with Crippen molar-refractivity contribution >= 4 is 17.8 Å².